The SMILES string of the molecule is CC(C)n1ncnc1-c1ccccc1[N+](=O)[O-]. The number of hydrogen-bond acceptors (Lipinski definition) is 4. The fourth-order valence-electron chi connectivity index (χ4n) is 1.64. The average molecular weight is 232 g/mol. The molecule has 17 heavy (non-hydrogen) atoms. The monoisotopic (exact) mass is 232 g/mol. The van der Waals surface area contributed by atoms with Gasteiger partial charge in [-0.15, -0.1) is 0 Å². The lowest BCUT2D eigenvalue weighted by Gasteiger charge is -2.09. The van der Waals surface area contributed by atoms with Crippen LogP contribution in [-0.4, -0.2) is 19.7 Å². The molecule has 0 atom stereocenters. The number of para-hydroxylation sites is 1. The Balaban J connectivity index is 2.60. The molecule has 0 spiro atoms. The first-order valence-electron chi connectivity index (χ1n) is 5.24. The van der Waals surface area contributed by atoms with E-state index in [0.717, 1.165) is 0 Å². The summed E-state index contributed by atoms with van der Waals surface area (Å²) in [6.07, 6.45) is 1.41. The van der Waals surface area contributed by atoms with E-state index < -0.39 is 4.92 Å². The van der Waals surface area contributed by atoms with E-state index in [1.807, 2.05) is 13.8 Å². The van der Waals surface area contributed by atoms with E-state index in [1.54, 1.807) is 22.9 Å². The van der Waals surface area contributed by atoms with Crippen molar-refractivity contribution >= 4 is 5.69 Å². The summed E-state index contributed by atoms with van der Waals surface area (Å²) >= 11 is 0. The highest BCUT2D eigenvalue weighted by Gasteiger charge is 2.19. The van der Waals surface area contributed by atoms with Crippen LogP contribution in [0.1, 0.15) is 19.9 Å². The first-order chi connectivity index (χ1) is 8.11. The molecule has 0 aliphatic carbocycles. The zero-order valence-electron chi connectivity index (χ0n) is 9.57. The van der Waals surface area contributed by atoms with E-state index >= 15 is 0 Å². The van der Waals surface area contributed by atoms with Gasteiger partial charge in [0.2, 0.25) is 0 Å². The van der Waals surface area contributed by atoms with Crippen molar-refractivity contribution in [3.05, 3.63) is 40.7 Å². The summed E-state index contributed by atoms with van der Waals surface area (Å²) in [5, 5.41) is 15.0. The summed E-state index contributed by atoms with van der Waals surface area (Å²) in [6.45, 7) is 3.90. The van der Waals surface area contributed by atoms with Crippen molar-refractivity contribution in [1.82, 2.24) is 14.8 Å². The quantitative estimate of drug-likeness (QED) is 0.601. The minimum absolute atomic E-state index is 0.0439. The molecule has 0 saturated carbocycles. The van der Waals surface area contributed by atoms with Gasteiger partial charge in [-0.25, -0.2) is 9.67 Å². The van der Waals surface area contributed by atoms with Crippen LogP contribution in [0, 0.1) is 10.1 Å². The Bertz CT molecular complexity index is 548. The first kappa shape index (κ1) is 11.3. The third kappa shape index (κ3) is 2.01. The number of nitro groups is 1. The molecule has 2 aromatic rings. The topological polar surface area (TPSA) is 73.8 Å². The molecule has 0 aliphatic heterocycles. The Labute approximate surface area is 98.1 Å². The summed E-state index contributed by atoms with van der Waals surface area (Å²) in [7, 11) is 0. The number of aromatic nitrogens is 3. The molecule has 2 rings (SSSR count). The Morgan fingerprint density at radius 3 is 2.71 bits per heavy atom. The fraction of sp³-hybridized carbons (Fsp3) is 0.273. The highest BCUT2D eigenvalue weighted by atomic mass is 16.6. The Morgan fingerprint density at radius 2 is 2.06 bits per heavy atom. The minimum atomic E-state index is -0.408. The summed E-state index contributed by atoms with van der Waals surface area (Å²) in [4.78, 5) is 14.6. The molecule has 0 radical (unpaired) electrons. The third-order valence-electron chi connectivity index (χ3n) is 2.40. The zero-order chi connectivity index (χ0) is 12.4. The smallest absolute Gasteiger partial charge is 0.258 e. The van der Waals surface area contributed by atoms with Gasteiger partial charge in [0, 0.05) is 12.1 Å². The maximum atomic E-state index is 10.9. The highest BCUT2D eigenvalue weighted by Crippen LogP contribution is 2.28. The van der Waals surface area contributed by atoms with Crippen LogP contribution in [0.25, 0.3) is 11.4 Å². The van der Waals surface area contributed by atoms with Crippen molar-refractivity contribution in [3.8, 4) is 11.4 Å². The van der Waals surface area contributed by atoms with Crippen molar-refractivity contribution in [3.63, 3.8) is 0 Å². The summed E-state index contributed by atoms with van der Waals surface area (Å²) in [5.41, 5.74) is 0.533. The molecule has 0 amide bonds. The zero-order valence-corrected chi connectivity index (χ0v) is 9.57. The lowest BCUT2D eigenvalue weighted by molar-refractivity contribution is -0.384. The fourth-order valence-corrected chi connectivity index (χ4v) is 1.64. The van der Waals surface area contributed by atoms with Crippen LogP contribution in [0.3, 0.4) is 0 Å². The lowest BCUT2D eigenvalue weighted by atomic mass is 10.1. The van der Waals surface area contributed by atoms with Gasteiger partial charge in [-0.1, -0.05) is 12.1 Å². The second-order valence-electron chi connectivity index (χ2n) is 3.90. The van der Waals surface area contributed by atoms with E-state index in [9.17, 15) is 10.1 Å². The van der Waals surface area contributed by atoms with Crippen LogP contribution in [0.15, 0.2) is 30.6 Å². The predicted molar refractivity (Wildman–Crippen MR) is 62.5 cm³/mol. The molecular weight excluding hydrogens is 220 g/mol. The summed E-state index contributed by atoms with van der Waals surface area (Å²) < 4.78 is 1.67. The minimum Gasteiger partial charge on any atom is -0.258 e. The normalized spacial score (nSPS) is 10.8. The van der Waals surface area contributed by atoms with E-state index in [1.165, 1.54) is 12.4 Å². The molecule has 0 N–H and O–H groups in total. The van der Waals surface area contributed by atoms with Crippen LogP contribution >= 0.6 is 0 Å². The molecule has 1 heterocycles. The molecular formula is C11H12N4O2. The van der Waals surface area contributed by atoms with Gasteiger partial charge in [-0.05, 0) is 19.9 Å². The Morgan fingerprint density at radius 1 is 1.35 bits per heavy atom. The van der Waals surface area contributed by atoms with Gasteiger partial charge >= 0.3 is 0 Å². The van der Waals surface area contributed by atoms with Crippen LogP contribution in [0.2, 0.25) is 0 Å². The van der Waals surface area contributed by atoms with E-state index in [4.69, 9.17) is 0 Å². The van der Waals surface area contributed by atoms with Crippen molar-refractivity contribution in [1.29, 1.82) is 0 Å². The molecule has 88 valence electrons. The lowest BCUT2D eigenvalue weighted by Crippen LogP contribution is -2.06. The standard InChI is InChI=1S/C11H12N4O2/c1-8(2)14-11(12-7-13-14)9-5-3-4-6-10(9)15(16)17/h3-8H,1-2H3. The van der Waals surface area contributed by atoms with Crippen LogP contribution in [0.5, 0.6) is 0 Å². The number of nitrogens with zero attached hydrogens (tertiary/aromatic N) is 4. The Kier molecular flexibility index (Phi) is 2.86. The van der Waals surface area contributed by atoms with E-state index in [-0.39, 0.29) is 11.7 Å². The summed E-state index contributed by atoms with van der Waals surface area (Å²) in [6, 6.07) is 6.64. The van der Waals surface area contributed by atoms with Crippen molar-refractivity contribution < 1.29 is 4.92 Å². The number of hydrogen-bond donors (Lipinski definition) is 0. The van der Waals surface area contributed by atoms with Gasteiger partial charge in [-0.3, -0.25) is 10.1 Å². The van der Waals surface area contributed by atoms with E-state index in [0.29, 0.717) is 11.4 Å². The largest absolute Gasteiger partial charge is 0.280 e. The molecule has 0 saturated heterocycles. The van der Waals surface area contributed by atoms with E-state index in [2.05, 4.69) is 10.1 Å². The van der Waals surface area contributed by atoms with Crippen molar-refractivity contribution in [2.45, 2.75) is 19.9 Å². The molecule has 1 aromatic heterocycles. The second-order valence-corrected chi connectivity index (χ2v) is 3.90. The molecule has 0 unspecified atom stereocenters. The van der Waals surface area contributed by atoms with Crippen LogP contribution < -0.4 is 0 Å². The van der Waals surface area contributed by atoms with Gasteiger partial charge in [0.15, 0.2) is 5.82 Å². The van der Waals surface area contributed by atoms with Gasteiger partial charge in [-0.2, -0.15) is 5.10 Å². The van der Waals surface area contributed by atoms with Gasteiger partial charge in [0.1, 0.15) is 6.33 Å². The molecule has 0 bridgehead atoms. The second kappa shape index (κ2) is 4.32. The number of benzene rings is 1. The van der Waals surface area contributed by atoms with Crippen LogP contribution in [-0.2, 0) is 0 Å². The van der Waals surface area contributed by atoms with Crippen LogP contribution in [0.4, 0.5) is 5.69 Å². The van der Waals surface area contributed by atoms with Gasteiger partial charge in [0.05, 0.1) is 10.5 Å². The van der Waals surface area contributed by atoms with Crippen molar-refractivity contribution in [2.24, 2.45) is 0 Å². The highest BCUT2D eigenvalue weighted by molar-refractivity contribution is 5.67. The molecule has 1 aromatic carbocycles. The molecule has 0 aliphatic rings. The average Bonchev–Trinajstić information content (AvgIpc) is 2.77. The van der Waals surface area contributed by atoms with Gasteiger partial charge in [0.25, 0.3) is 5.69 Å². The predicted octanol–water partition coefficient (Wildman–Crippen LogP) is 2.43. The molecule has 0 fully saturated rings. The molecule has 6 nitrogen and oxygen atoms in total. The first-order valence-corrected chi connectivity index (χ1v) is 5.24. The number of rotatable bonds is 3. The van der Waals surface area contributed by atoms with Gasteiger partial charge < -0.3 is 0 Å². The summed E-state index contributed by atoms with van der Waals surface area (Å²) in [5.74, 6) is 0.521. The third-order valence-corrected chi connectivity index (χ3v) is 2.40. The number of nitro benzene ring substituents is 1. The maximum Gasteiger partial charge on any atom is 0.280 e. The Hall–Kier alpha value is -2.24. The maximum absolute atomic E-state index is 10.9. The van der Waals surface area contributed by atoms with Crippen molar-refractivity contribution in [2.75, 3.05) is 0 Å². The molecule has 6 heteroatoms.